The number of ether oxygens (including phenoxy) is 2. The van der Waals surface area contributed by atoms with Gasteiger partial charge in [0.05, 0.1) is 12.8 Å². The van der Waals surface area contributed by atoms with Crippen LogP contribution >= 0.6 is 11.6 Å². The Labute approximate surface area is 192 Å². The summed E-state index contributed by atoms with van der Waals surface area (Å²) < 4.78 is 11.0. The maximum atomic E-state index is 12.8. The number of aromatic nitrogens is 2. The van der Waals surface area contributed by atoms with Crippen LogP contribution in [0.3, 0.4) is 0 Å². The van der Waals surface area contributed by atoms with Crippen LogP contribution in [-0.2, 0) is 4.79 Å². The van der Waals surface area contributed by atoms with Gasteiger partial charge in [-0.3, -0.25) is 4.79 Å². The highest BCUT2D eigenvalue weighted by atomic mass is 35.5. The van der Waals surface area contributed by atoms with E-state index in [1.165, 1.54) is 0 Å². The molecule has 3 aromatic rings. The van der Waals surface area contributed by atoms with Gasteiger partial charge in [0.1, 0.15) is 11.5 Å². The van der Waals surface area contributed by atoms with Gasteiger partial charge in [-0.1, -0.05) is 23.7 Å². The zero-order chi connectivity index (χ0) is 22.5. The minimum atomic E-state index is -0.562. The van der Waals surface area contributed by atoms with E-state index in [-0.39, 0.29) is 5.91 Å². The lowest BCUT2D eigenvalue weighted by Crippen LogP contribution is -2.52. The van der Waals surface area contributed by atoms with Crippen molar-refractivity contribution in [1.29, 1.82) is 0 Å². The predicted molar refractivity (Wildman–Crippen MR) is 124 cm³/mol. The van der Waals surface area contributed by atoms with Crippen molar-refractivity contribution >= 4 is 23.3 Å². The molecule has 0 radical (unpaired) electrons. The zero-order valence-electron chi connectivity index (χ0n) is 18.1. The molecule has 166 valence electrons. The molecule has 0 spiro atoms. The quantitative estimate of drug-likeness (QED) is 0.564. The molecule has 0 bridgehead atoms. The smallest absolute Gasteiger partial charge is 0.263 e. The number of halogens is 1. The number of carbonyl (C=O) groups excluding carboxylic acids is 1. The number of methoxy groups -OCH3 is 1. The van der Waals surface area contributed by atoms with E-state index in [0.717, 1.165) is 22.8 Å². The summed E-state index contributed by atoms with van der Waals surface area (Å²) in [5.41, 5.74) is 1.76. The van der Waals surface area contributed by atoms with E-state index in [1.807, 2.05) is 53.4 Å². The van der Waals surface area contributed by atoms with Crippen molar-refractivity contribution in [3.8, 4) is 22.8 Å². The number of rotatable bonds is 6. The van der Waals surface area contributed by atoms with Crippen molar-refractivity contribution in [2.24, 2.45) is 0 Å². The summed E-state index contributed by atoms with van der Waals surface area (Å²) in [4.78, 5) is 16.8. The second kappa shape index (κ2) is 9.87. The maximum absolute atomic E-state index is 12.8. The number of carbonyl (C=O) groups is 1. The zero-order valence-corrected chi connectivity index (χ0v) is 18.8. The van der Waals surface area contributed by atoms with Gasteiger partial charge in [-0.2, -0.15) is 0 Å². The topological polar surface area (TPSA) is 67.8 Å². The van der Waals surface area contributed by atoms with Crippen molar-refractivity contribution < 1.29 is 14.3 Å². The van der Waals surface area contributed by atoms with Gasteiger partial charge in [-0.15, -0.1) is 10.2 Å². The fraction of sp³-hybridized carbons (Fsp3) is 0.292. The molecule has 2 heterocycles. The number of hydrogen-bond donors (Lipinski definition) is 0. The van der Waals surface area contributed by atoms with Gasteiger partial charge >= 0.3 is 0 Å². The SMILES string of the molecule is COc1ccc(OC(C)C(=O)N2CCN(c3ccc(-c4ccc(Cl)cc4)nn3)CC2)cc1. The minimum absolute atomic E-state index is 0.0235. The summed E-state index contributed by atoms with van der Waals surface area (Å²) in [6.45, 7) is 4.37. The summed E-state index contributed by atoms with van der Waals surface area (Å²) >= 11 is 5.95. The largest absolute Gasteiger partial charge is 0.497 e. The fourth-order valence-electron chi connectivity index (χ4n) is 3.59. The van der Waals surface area contributed by atoms with Gasteiger partial charge in [0.15, 0.2) is 11.9 Å². The minimum Gasteiger partial charge on any atom is -0.497 e. The molecule has 1 aliphatic rings. The number of piperazine rings is 1. The van der Waals surface area contributed by atoms with E-state index in [1.54, 1.807) is 26.2 Å². The number of hydrogen-bond acceptors (Lipinski definition) is 6. The first-order valence-corrected chi connectivity index (χ1v) is 10.9. The summed E-state index contributed by atoms with van der Waals surface area (Å²) in [5, 5.41) is 9.42. The van der Waals surface area contributed by atoms with Crippen LogP contribution in [0.15, 0.2) is 60.7 Å². The summed E-state index contributed by atoms with van der Waals surface area (Å²) in [5.74, 6) is 2.17. The van der Waals surface area contributed by atoms with E-state index in [9.17, 15) is 4.79 Å². The van der Waals surface area contributed by atoms with E-state index < -0.39 is 6.10 Å². The van der Waals surface area contributed by atoms with Crippen LogP contribution in [0, 0.1) is 0 Å². The van der Waals surface area contributed by atoms with Crippen LogP contribution in [0.2, 0.25) is 5.02 Å². The molecule has 8 heteroatoms. The third-order valence-corrected chi connectivity index (χ3v) is 5.68. The van der Waals surface area contributed by atoms with Gasteiger partial charge in [-0.25, -0.2) is 0 Å². The van der Waals surface area contributed by atoms with Crippen LogP contribution in [0.25, 0.3) is 11.3 Å². The molecule has 7 nitrogen and oxygen atoms in total. The molecule has 4 rings (SSSR count). The Hall–Kier alpha value is -3.32. The summed E-state index contributed by atoms with van der Waals surface area (Å²) in [6, 6.07) is 18.6. The van der Waals surface area contributed by atoms with Gasteiger partial charge in [-0.05, 0) is 55.5 Å². The predicted octanol–water partition coefficient (Wildman–Crippen LogP) is 3.92. The van der Waals surface area contributed by atoms with Crippen LogP contribution in [-0.4, -0.2) is 60.4 Å². The van der Waals surface area contributed by atoms with Crippen molar-refractivity contribution in [2.45, 2.75) is 13.0 Å². The van der Waals surface area contributed by atoms with Crippen LogP contribution in [0.4, 0.5) is 5.82 Å². The number of anilines is 1. The molecule has 0 saturated carbocycles. The van der Waals surface area contributed by atoms with E-state index >= 15 is 0 Å². The maximum Gasteiger partial charge on any atom is 0.263 e. The normalized spacial score (nSPS) is 14.7. The van der Waals surface area contributed by atoms with E-state index in [2.05, 4.69) is 15.1 Å². The van der Waals surface area contributed by atoms with Gasteiger partial charge < -0.3 is 19.3 Å². The highest BCUT2D eigenvalue weighted by Gasteiger charge is 2.26. The molecule has 1 aliphatic heterocycles. The van der Waals surface area contributed by atoms with Crippen LogP contribution in [0.1, 0.15) is 6.92 Å². The van der Waals surface area contributed by atoms with Crippen molar-refractivity contribution in [2.75, 3.05) is 38.2 Å². The molecule has 1 fully saturated rings. The highest BCUT2D eigenvalue weighted by molar-refractivity contribution is 6.30. The Morgan fingerprint density at radius 3 is 2.16 bits per heavy atom. The molecule has 2 aromatic carbocycles. The summed E-state index contributed by atoms with van der Waals surface area (Å²) in [6.07, 6.45) is -0.562. The molecule has 1 aromatic heterocycles. The van der Waals surface area contributed by atoms with E-state index in [0.29, 0.717) is 37.0 Å². The Balaban J connectivity index is 1.31. The molecule has 0 N–H and O–H groups in total. The number of amides is 1. The lowest BCUT2D eigenvalue weighted by atomic mass is 10.1. The Morgan fingerprint density at radius 1 is 0.906 bits per heavy atom. The molecule has 1 amide bonds. The molecule has 0 aliphatic carbocycles. The standard InChI is InChI=1S/C24H25ClN4O3/c1-17(32-21-9-7-20(31-2)8-10-21)24(30)29-15-13-28(14-16-29)23-12-11-22(26-27-23)18-3-5-19(25)6-4-18/h3-12,17H,13-16H2,1-2H3. The third kappa shape index (κ3) is 5.11. The van der Waals surface area contributed by atoms with Gasteiger partial charge in [0, 0.05) is 36.8 Å². The van der Waals surface area contributed by atoms with Crippen molar-refractivity contribution in [3.63, 3.8) is 0 Å². The van der Waals surface area contributed by atoms with Crippen molar-refractivity contribution in [1.82, 2.24) is 15.1 Å². The van der Waals surface area contributed by atoms with Gasteiger partial charge in [0.25, 0.3) is 5.91 Å². The first kappa shape index (κ1) is 21.9. The highest BCUT2D eigenvalue weighted by Crippen LogP contribution is 2.22. The number of nitrogens with zero attached hydrogens (tertiary/aromatic N) is 4. The van der Waals surface area contributed by atoms with Crippen LogP contribution in [0.5, 0.6) is 11.5 Å². The van der Waals surface area contributed by atoms with Crippen molar-refractivity contribution in [3.05, 3.63) is 65.7 Å². The summed E-state index contributed by atoms with van der Waals surface area (Å²) in [7, 11) is 1.61. The lowest BCUT2D eigenvalue weighted by molar-refractivity contribution is -0.138. The molecule has 1 saturated heterocycles. The Bertz CT molecular complexity index is 1030. The van der Waals surface area contributed by atoms with E-state index in [4.69, 9.17) is 21.1 Å². The second-order valence-corrected chi connectivity index (χ2v) is 7.97. The van der Waals surface area contributed by atoms with Crippen LogP contribution < -0.4 is 14.4 Å². The molecule has 1 unspecified atom stereocenters. The fourth-order valence-corrected chi connectivity index (χ4v) is 3.72. The Kier molecular flexibility index (Phi) is 6.75. The molecule has 32 heavy (non-hydrogen) atoms. The Morgan fingerprint density at radius 2 is 1.56 bits per heavy atom. The second-order valence-electron chi connectivity index (χ2n) is 7.53. The average Bonchev–Trinajstić information content (AvgIpc) is 2.85. The average molecular weight is 453 g/mol. The molecular formula is C24H25ClN4O3. The number of benzene rings is 2. The monoisotopic (exact) mass is 452 g/mol. The molecule has 1 atom stereocenters. The third-order valence-electron chi connectivity index (χ3n) is 5.43. The first-order valence-electron chi connectivity index (χ1n) is 10.5. The molecular weight excluding hydrogens is 428 g/mol. The lowest BCUT2D eigenvalue weighted by Gasteiger charge is -2.36. The first-order chi connectivity index (χ1) is 15.5. The van der Waals surface area contributed by atoms with Gasteiger partial charge in [0.2, 0.25) is 0 Å².